The summed E-state index contributed by atoms with van der Waals surface area (Å²) >= 11 is 1.52. The molecule has 0 unspecified atom stereocenters. The van der Waals surface area contributed by atoms with E-state index in [0.717, 1.165) is 0 Å². The molecule has 7 heavy (non-hydrogen) atoms. The number of hydrogen-bond donors (Lipinski definition) is 0. The van der Waals surface area contributed by atoms with Crippen LogP contribution in [0.25, 0.3) is 0 Å². The van der Waals surface area contributed by atoms with Gasteiger partial charge in [0.05, 0.1) is 5.75 Å². The Morgan fingerprint density at radius 3 is 3.00 bits per heavy atom. The zero-order chi connectivity index (χ0) is 5.54. The summed E-state index contributed by atoms with van der Waals surface area (Å²) in [5.74, 6) is 3.18. The monoisotopic (exact) mass is 110 g/mol. The topological polar surface area (TPSA) is 0 Å². The molecule has 0 fully saturated rings. The predicted octanol–water partition coefficient (Wildman–Crippen LogP) is 1.65. The lowest BCUT2D eigenvalue weighted by Crippen LogP contribution is -1.59. The van der Waals surface area contributed by atoms with Crippen molar-refractivity contribution >= 4 is 11.8 Å². The third-order valence-electron chi connectivity index (χ3n) is 0.333. The maximum Gasteiger partial charge on any atom is 0.0592 e. The van der Waals surface area contributed by atoms with E-state index < -0.39 is 0 Å². The molecule has 0 rings (SSSR count). The zero-order valence-corrected chi connectivity index (χ0v) is 4.79. The van der Waals surface area contributed by atoms with Crippen molar-refractivity contribution in [2.24, 2.45) is 0 Å². The van der Waals surface area contributed by atoms with E-state index in [1.807, 2.05) is 0 Å². The van der Waals surface area contributed by atoms with Crippen LogP contribution in [0.4, 0.5) is 0 Å². The van der Waals surface area contributed by atoms with Gasteiger partial charge in [-0.3, -0.25) is 0 Å². The number of rotatable bonds is 2. The van der Waals surface area contributed by atoms with Gasteiger partial charge in [0.25, 0.3) is 0 Å². The SMILES string of the molecule is C#CCSC=C=C. The van der Waals surface area contributed by atoms with Gasteiger partial charge in [0.1, 0.15) is 0 Å². The molecule has 0 N–H and O–H groups in total. The van der Waals surface area contributed by atoms with Crippen LogP contribution in [0.1, 0.15) is 0 Å². The third kappa shape index (κ3) is 5.43. The molecule has 0 atom stereocenters. The molecular formula is C6H6S. The first kappa shape index (κ1) is 6.43. The first-order chi connectivity index (χ1) is 3.41. The Hall–Kier alpha value is -0.570. The molecule has 0 aromatic heterocycles. The van der Waals surface area contributed by atoms with Gasteiger partial charge in [0, 0.05) is 5.41 Å². The molecule has 0 heterocycles. The molecule has 0 aliphatic carbocycles. The van der Waals surface area contributed by atoms with E-state index >= 15 is 0 Å². The van der Waals surface area contributed by atoms with Crippen molar-refractivity contribution in [1.82, 2.24) is 0 Å². The van der Waals surface area contributed by atoms with Crippen LogP contribution >= 0.6 is 11.8 Å². The molecule has 0 aliphatic heterocycles. The van der Waals surface area contributed by atoms with E-state index in [1.54, 1.807) is 5.41 Å². The van der Waals surface area contributed by atoms with Crippen LogP contribution < -0.4 is 0 Å². The highest BCUT2D eigenvalue weighted by atomic mass is 32.2. The molecule has 0 spiro atoms. The number of terminal acetylenes is 1. The molecule has 0 radical (unpaired) electrons. The maximum atomic E-state index is 4.93. The summed E-state index contributed by atoms with van der Waals surface area (Å²) in [6.07, 6.45) is 4.93. The van der Waals surface area contributed by atoms with E-state index in [4.69, 9.17) is 6.42 Å². The Morgan fingerprint density at radius 2 is 2.57 bits per heavy atom. The van der Waals surface area contributed by atoms with Crippen LogP contribution in [-0.2, 0) is 0 Å². The average Bonchev–Trinajstić information content (AvgIpc) is 1.69. The van der Waals surface area contributed by atoms with Crippen LogP contribution in [0, 0.1) is 12.3 Å². The minimum absolute atomic E-state index is 0.711. The summed E-state index contributed by atoms with van der Waals surface area (Å²) in [5.41, 5.74) is 2.59. The molecule has 0 bridgehead atoms. The van der Waals surface area contributed by atoms with Crippen molar-refractivity contribution in [3.05, 3.63) is 17.7 Å². The largest absolute Gasteiger partial charge is 0.122 e. The third-order valence-corrected chi connectivity index (χ3v) is 1.00. The summed E-state index contributed by atoms with van der Waals surface area (Å²) < 4.78 is 0. The van der Waals surface area contributed by atoms with Gasteiger partial charge >= 0.3 is 0 Å². The van der Waals surface area contributed by atoms with E-state index in [0.29, 0.717) is 5.75 Å². The normalized spacial score (nSPS) is 6.14. The first-order valence-corrected chi connectivity index (χ1v) is 2.86. The van der Waals surface area contributed by atoms with Gasteiger partial charge < -0.3 is 0 Å². The van der Waals surface area contributed by atoms with Gasteiger partial charge in [-0.05, 0) is 0 Å². The lowest BCUT2D eigenvalue weighted by molar-refractivity contribution is 1.97. The van der Waals surface area contributed by atoms with Gasteiger partial charge in [-0.15, -0.1) is 23.9 Å². The lowest BCUT2D eigenvalue weighted by atomic mass is 10.8. The second-order valence-corrected chi connectivity index (χ2v) is 1.69. The molecule has 0 aromatic carbocycles. The zero-order valence-electron chi connectivity index (χ0n) is 3.98. The Labute approximate surface area is 48.3 Å². The predicted molar refractivity (Wildman–Crippen MR) is 35.0 cm³/mol. The maximum absolute atomic E-state index is 4.93. The Kier molecular flexibility index (Phi) is 4.99. The fourth-order valence-corrected chi connectivity index (χ4v) is 0.446. The average molecular weight is 110 g/mol. The highest BCUT2D eigenvalue weighted by Gasteiger charge is 1.67. The Bertz CT molecular complexity index is 113. The van der Waals surface area contributed by atoms with Crippen molar-refractivity contribution in [3.63, 3.8) is 0 Å². The molecule has 0 aliphatic rings. The van der Waals surface area contributed by atoms with Crippen LogP contribution in [0.2, 0.25) is 0 Å². The van der Waals surface area contributed by atoms with E-state index in [-0.39, 0.29) is 0 Å². The number of thioether (sulfide) groups is 1. The van der Waals surface area contributed by atoms with E-state index in [9.17, 15) is 0 Å². The number of hydrogen-bond acceptors (Lipinski definition) is 1. The summed E-state index contributed by atoms with van der Waals surface area (Å²) in [6, 6.07) is 0. The highest BCUT2D eigenvalue weighted by Crippen LogP contribution is 1.96. The van der Waals surface area contributed by atoms with Crippen molar-refractivity contribution < 1.29 is 0 Å². The van der Waals surface area contributed by atoms with Crippen molar-refractivity contribution in [1.29, 1.82) is 0 Å². The molecule has 0 saturated heterocycles. The van der Waals surface area contributed by atoms with Crippen molar-refractivity contribution in [3.8, 4) is 12.3 Å². The minimum Gasteiger partial charge on any atom is -0.122 e. The second kappa shape index (κ2) is 5.43. The minimum atomic E-state index is 0.711. The standard InChI is InChI=1S/C6H6S/c1-3-5-7-6-4-2/h1,6H,2,5H2. The first-order valence-electron chi connectivity index (χ1n) is 1.81. The molecule has 0 nitrogen and oxygen atoms in total. The van der Waals surface area contributed by atoms with Gasteiger partial charge in [-0.1, -0.05) is 12.5 Å². The molecule has 1 heteroatoms. The lowest BCUT2D eigenvalue weighted by Gasteiger charge is -1.74. The summed E-state index contributed by atoms with van der Waals surface area (Å²) in [5, 5.41) is 1.75. The molecule has 0 saturated carbocycles. The molecule has 36 valence electrons. The summed E-state index contributed by atoms with van der Waals surface area (Å²) in [7, 11) is 0. The smallest absolute Gasteiger partial charge is 0.0592 e. The van der Waals surface area contributed by atoms with E-state index in [1.165, 1.54) is 11.8 Å². The Morgan fingerprint density at radius 1 is 1.86 bits per heavy atom. The fraction of sp³-hybridized carbons (Fsp3) is 0.167. The Balaban J connectivity index is 3.03. The second-order valence-electron chi connectivity index (χ2n) is 0.837. The van der Waals surface area contributed by atoms with Crippen molar-refractivity contribution in [2.45, 2.75) is 0 Å². The summed E-state index contributed by atoms with van der Waals surface area (Å²) in [4.78, 5) is 0. The fourth-order valence-electron chi connectivity index (χ4n) is 0.149. The van der Waals surface area contributed by atoms with Gasteiger partial charge in [-0.2, -0.15) is 0 Å². The van der Waals surface area contributed by atoms with E-state index in [2.05, 4.69) is 18.2 Å². The quantitative estimate of drug-likeness (QED) is 0.296. The molecule has 0 aromatic rings. The highest BCUT2D eigenvalue weighted by molar-refractivity contribution is 8.02. The molecule has 0 amide bonds. The summed E-state index contributed by atoms with van der Waals surface area (Å²) in [6.45, 7) is 3.36. The van der Waals surface area contributed by atoms with Crippen molar-refractivity contribution in [2.75, 3.05) is 5.75 Å². The van der Waals surface area contributed by atoms with Crippen LogP contribution in [0.15, 0.2) is 17.7 Å². The van der Waals surface area contributed by atoms with Gasteiger partial charge in [0.15, 0.2) is 0 Å². The van der Waals surface area contributed by atoms with Crippen LogP contribution in [0.5, 0.6) is 0 Å². The molecular weight excluding hydrogens is 104 g/mol. The van der Waals surface area contributed by atoms with Gasteiger partial charge in [0.2, 0.25) is 0 Å². The van der Waals surface area contributed by atoms with Crippen LogP contribution in [-0.4, -0.2) is 5.75 Å². The van der Waals surface area contributed by atoms with Crippen LogP contribution in [0.3, 0.4) is 0 Å². The van der Waals surface area contributed by atoms with Gasteiger partial charge in [-0.25, -0.2) is 0 Å².